The molecule has 30 heavy (non-hydrogen) atoms. The number of hydrogen-bond acceptors (Lipinski definition) is 3. The van der Waals surface area contributed by atoms with Gasteiger partial charge in [0.2, 0.25) is 0 Å². The minimum atomic E-state index is -1.39. The van der Waals surface area contributed by atoms with Crippen LogP contribution in [0.25, 0.3) is 0 Å². The molecule has 7 heteroatoms. The highest BCUT2D eigenvalue weighted by Gasteiger charge is 2.24. The zero-order chi connectivity index (χ0) is 21.7. The van der Waals surface area contributed by atoms with E-state index in [9.17, 15) is 23.5 Å². The lowest BCUT2D eigenvalue weighted by atomic mass is 9.96. The molecule has 0 aliphatic heterocycles. The quantitative estimate of drug-likeness (QED) is 0.578. The minimum Gasteiger partial charge on any atom is -0.384 e. The third-order valence-corrected chi connectivity index (χ3v) is 4.55. The topological polar surface area (TPSA) is 78.4 Å². The monoisotopic (exact) mass is 410 g/mol. The van der Waals surface area contributed by atoms with E-state index in [1.54, 1.807) is 18.2 Å². The molecule has 3 N–H and O–H groups in total. The number of carbonyl (C=O) groups excluding carboxylic acids is 2. The van der Waals surface area contributed by atoms with E-state index >= 15 is 0 Å². The Morgan fingerprint density at radius 2 is 1.47 bits per heavy atom. The van der Waals surface area contributed by atoms with Crippen LogP contribution in [0.2, 0.25) is 0 Å². The van der Waals surface area contributed by atoms with Gasteiger partial charge in [0.05, 0.1) is 6.54 Å². The van der Waals surface area contributed by atoms with Crippen molar-refractivity contribution in [1.82, 2.24) is 5.32 Å². The van der Waals surface area contributed by atoms with Gasteiger partial charge >= 0.3 is 0 Å². The van der Waals surface area contributed by atoms with Crippen molar-refractivity contribution in [1.29, 1.82) is 0 Å². The second kappa shape index (κ2) is 8.84. The second-order valence-electron chi connectivity index (χ2n) is 7.01. The van der Waals surface area contributed by atoms with E-state index in [0.717, 1.165) is 0 Å². The van der Waals surface area contributed by atoms with Crippen LogP contribution < -0.4 is 10.6 Å². The average Bonchev–Trinajstić information content (AvgIpc) is 2.73. The summed E-state index contributed by atoms with van der Waals surface area (Å²) in [4.78, 5) is 24.7. The fraction of sp³-hybridized carbons (Fsp3) is 0.130. The van der Waals surface area contributed by atoms with Crippen LogP contribution in [-0.4, -0.2) is 23.5 Å². The first kappa shape index (κ1) is 21.1. The summed E-state index contributed by atoms with van der Waals surface area (Å²) in [6.45, 7) is 1.42. The summed E-state index contributed by atoms with van der Waals surface area (Å²) in [6.07, 6.45) is 0. The zero-order valence-electron chi connectivity index (χ0n) is 16.2. The highest BCUT2D eigenvalue weighted by molar-refractivity contribution is 6.05. The lowest BCUT2D eigenvalue weighted by molar-refractivity contribution is 0.0526. The van der Waals surface area contributed by atoms with Crippen LogP contribution in [0, 0.1) is 11.6 Å². The summed E-state index contributed by atoms with van der Waals surface area (Å²) in [6, 6.07) is 16.7. The van der Waals surface area contributed by atoms with Gasteiger partial charge in [0, 0.05) is 16.8 Å². The number of carbonyl (C=O) groups is 2. The predicted octanol–water partition coefficient (Wildman–Crippen LogP) is 3.85. The van der Waals surface area contributed by atoms with Gasteiger partial charge < -0.3 is 15.7 Å². The minimum absolute atomic E-state index is 0.0936. The Morgan fingerprint density at radius 3 is 2.10 bits per heavy atom. The van der Waals surface area contributed by atoms with E-state index in [0.29, 0.717) is 11.3 Å². The third kappa shape index (κ3) is 5.27. The van der Waals surface area contributed by atoms with E-state index in [-0.39, 0.29) is 17.7 Å². The summed E-state index contributed by atoms with van der Waals surface area (Å²) in [5, 5.41) is 15.9. The molecule has 1 atom stereocenters. The molecule has 0 aliphatic rings. The lowest BCUT2D eigenvalue weighted by Crippen LogP contribution is -2.38. The van der Waals surface area contributed by atoms with Crippen LogP contribution in [0.4, 0.5) is 14.5 Å². The first-order valence-electron chi connectivity index (χ1n) is 9.18. The molecular formula is C23H20F2N2O3. The van der Waals surface area contributed by atoms with Gasteiger partial charge in [-0.1, -0.05) is 18.2 Å². The molecule has 0 heterocycles. The largest absolute Gasteiger partial charge is 0.384 e. The summed E-state index contributed by atoms with van der Waals surface area (Å²) in [5.41, 5.74) is 0.0211. The van der Waals surface area contributed by atoms with Crippen LogP contribution in [0.3, 0.4) is 0 Å². The van der Waals surface area contributed by atoms with E-state index in [4.69, 9.17) is 0 Å². The Morgan fingerprint density at radius 1 is 0.867 bits per heavy atom. The van der Waals surface area contributed by atoms with Crippen molar-refractivity contribution in [3.8, 4) is 0 Å². The van der Waals surface area contributed by atoms with Crippen LogP contribution >= 0.6 is 0 Å². The third-order valence-electron chi connectivity index (χ3n) is 4.55. The van der Waals surface area contributed by atoms with Gasteiger partial charge in [-0.05, 0) is 67.1 Å². The summed E-state index contributed by atoms with van der Waals surface area (Å²) >= 11 is 0. The Hall–Kier alpha value is -3.58. The maximum atomic E-state index is 13.1. The van der Waals surface area contributed by atoms with Crippen LogP contribution in [-0.2, 0) is 5.60 Å². The number of halogens is 2. The SMILES string of the molecule is CC(O)(CNC(=O)c1cccc(NC(=O)c2ccc(F)cc2)c1)c1ccc(F)cc1. The van der Waals surface area contributed by atoms with Gasteiger partial charge in [-0.2, -0.15) is 0 Å². The molecule has 0 fully saturated rings. The van der Waals surface area contributed by atoms with Gasteiger partial charge in [-0.25, -0.2) is 8.78 Å². The number of rotatable bonds is 6. The van der Waals surface area contributed by atoms with E-state index in [1.807, 2.05) is 0 Å². The molecule has 0 aromatic heterocycles. The van der Waals surface area contributed by atoms with Gasteiger partial charge in [-0.15, -0.1) is 0 Å². The first-order chi connectivity index (χ1) is 14.2. The Kier molecular flexibility index (Phi) is 6.23. The maximum Gasteiger partial charge on any atom is 0.255 e. The Bertz CT molecular complexity index is 1050. The van der Waals surface area contributed by atoms with Crippen molar-refractivity contribution >= 4 is 17.5 Å². The smallest absolute Gasteiger partial charge is 0.255 e. The molecule has 3 rings (SSSR count). The van der Waals surface area contributed by atoms with Gasteiger partial charge in [0.1, 0.15) is 17.2 Å². The molecule has 1 unspecified atom stereocenters. The number of anilines is 1. The fourth-order valence-corrected chi connectivity index (χ4v) is 2.81. The lowest BCUT2D eigenvalue weighted by Gasteiger charge is -2.24. The van der Waals surface area contributed by atoms with Gasteiger partial charge in [0.25, 0.3) is 11.8 Å². The van der Waals surface area contributed by atoms with Crippen molar-refractivity contribution in [2.45, 2.75) is 12.5 Å². The van der Waals surface area contributed by atoms with E-state index in [1.165, 1.54) is 61.5 Å². The van der Waals surface area contributed by atoms with E-state index < -0.39 is 29.0 Å². The van der Waals surface area contributed by atoms with Crippen LogP contribution in [0.1, 0.15) is 33.2 Å². The first-order valence-corrected chi connectivity index (χ1v) is 9.18. The molecule has 154 valence electrons. The number of aliphatic hydroxyl groups is 1. The highest BCUT2D eigenvalue weighted by Crippen LogP contribution is 2.20. The summed E-state index contributed by atoms with van der Waals surface area (Å²) in [7, 11) is 0. The standard InChI is InChI=1S/C23H20F2N2O3/c1-23(30,17-7-11-19(25)12-8-17)14-26-21(28)16-3-2-4-20(13-16)27-22(29)15-5-9-18(24)10-6-15/h2-13,30H,14H2,1H3,(H,26,28)(H,27,29). The molecule has 0 radical (unpaired) electrons. The van der Waals surface area contributed by atoms with Crippen LogP contribution in [0.5, 0.6) is 0 Å². The molecule has 2 amide bonds. The molecule has 3 aromatic rings. The van der Waals surface area contributed by atoms with Crippen molar-refractivity contribution < 1.29 is 23.5 Å². The normalized spacial score (nSPS) is 12.7. The molecular weight excluding hydrogens is 390 g/mol. The maximum absolute atomic E-state index is 13.1. The average molecular weight is 410 g/mol. The fourth-order valence-electron chi connectivity index (χ4n) is 2.81. The number of benzene rings is 3. The summed E-state index contributed by atoms with van der Waals surface area (Å²) in [5.74, 6) is -1.75. The molecule has 0 bridgehead atoms. The molecule has 3 aromatic carbocycles. The van der Waals surface area contributed by atoms with Crippen molar-refractivity contribution in [3.05, 3.63) is 101 Å². The number of nitrogens with one attached hydrogen (secondary N) is 2. The van der Waals surface area contributed by atoms with Gasteiger partial charge in [0.15, 0.2) is 0 Å². The molecule has 0 saturated carbocycles. The second-order valence-corrected chi connectivity index (χ2v) is 7.01. The Balaban J connectivity index is 1.64. The highest BCUT2D eigenvalue weighted by atomic mass is 19.1. The van der Waals surface area contributed by atoms with Crippen molar-refractivity contribution in [2.75, 3.05) is 11.9 Å². The molecule has 0 spiro atoms. The Labute approximate surface area is 172 Å². The molecule has 0 saturated heterocycles. The van der Waals surface area contributed by atoms with Crippen molar-refractivity contribution in [2.24, 2.45) is 0 Å². The van der Waals surface area contributed by atoms with Gasteiger partial charge in [-0.3, -0.25) is 9.59 Å². The van der Waals surface area contributed by atoms with E-state index in [2.05, 4.69) is 10.6 Å². The van der Waals surface area contributed by atoms with Crippen molar-refractivity contribution in [3.63, 3.8) is 0 Å². The predicted molar refractivity (Wildman–Crippen MR) is 109 cm³/mol. The van der Waals surface area contributed by atoms with Crippen LogP contribution in [0.15, 0.2) is 72.8 Å². The summed E-state index contributed by atoms with van der Waals surface area (Å²) < 4.78 is 26.1. The molecule has 0 aliphatic carbocycles. The molecule has 5 nitrogen and oxygen atoms in total. The number of hydrogen-bond donors (Lipinski definition) is 3. The number of amides is 2. The zero-order valence-corrected chi connectivity index (χ0v) is 16.2.